The number of nitrogens with zero attached hydrogens (tertiary/aromatic N) is 2. The van der Waals surface area contributed by atoms with Gasteiger partial charge in [-0.05, 0) is 30.5 Å². The zero-order valence-corrected chi connectivity index (χ0v) is 18.7. The Kier molecular flexibility index (Phi) is 14.7. The highest BCUT2D eigenvalue weighted by atomic mass is 127. The van der Waals surface area contributed by atoms with Gasteiger partial charge in [0, 0.05) is 45.4 Å². The molecule has 5 nitrogen and oxygen atoms in total. The second kappa shape index (κ2) is 14.9. The number of halogens is 2. The summed E-state index contributed by atoms with van der Waals surface area (Å²) in [6.07, 6.45) is 2.09. The summed E-state index contributed by atoms with van der Waals surface area (Å²) in [6, 6.07) is 8.35. The molecule has 0 heterocycles. The van der Waals surface area contributed by atoms with Gasteiger partial charge in [-0.2, -0.15) is 0 Å². The van der Waals surface area contributed by atoms with Gasteiger partial charge in [-0.1, -0.05) is 28.1 Å². The standard InChI is InChI=1S/C17H28BrN3O2.HI/c1-19-17(20-10-4-5-11-23-13-12-22-3)21(2)14-15-6-8-16(18)9-7-15;/h6-9H,4-5,10-14H2,1-3H3,(H,19,20);1H. The predicted molar refractivity (Wildman–Crippen MR) is 114 cm³/mol. The van der Waals surface area contributed by atoms with Crippen molar-refractivity contribution in [1.29, 1.82) is 0 Å². The number of benzene rings is 1. The topological polar surface area (TPSA) is 46.1 Å². The monoisotopic (exact) mass is 513 g/mol. The fourth-order valence-electron chi connectivity index (χ4n) is 2.10. The molecule has 1 aromatic carbocycles. The quantitative estimate of drug-likeness (QED) is 0.225. The van der Waals surface area contributed by atoms with E-state index in [9.17, 15) is 0 Å². The van der Waals surface area contributed by atoms with E-state index in [0.29, 0.717) is 13.2 Å². The number of guanidine groups is 1. The highest BCUT2D eigenvalue weighted by molar-refractivity contribution is 14.0. The van der Waals surface area contributed by atoms with Gasteiger partial charge in [0.1, 0.15) is 0 Å². The first-order chi connectivity index (χ1) is 11.2. The Labute approximate surface area is 171 Å². The summed E-state index contributed by atoms with van der Waals surface area (Å²) in [5, 5.41) is 3.39. The van der Waals surface area contributed by atoms with E-state index in [0.717, 1.165) is 43.0 Å². The van der Waals surface area contributed by atoms with Crippen molar-refractivity contribution in [3.8, 4) is 0 Å². The smallest absolute Gasteiger partial charge is 0.193 e. The van der Waals surface area contributed by atoms with E-state index < -0.39 is 0 Å². The van der Waals surface area contributed by atoms with Crippen molar-refractivity contribution < 1.29 is 9.47 Å². The maximum atomic E-state index is 5.45. The van der Waals surface area contributed by atoms with Crippen LogP contribution in [0.15, 0.2) is 33.7 Å². The SMILES string of the molecule is CN=C(NCCCCOCCOC)N(C)Cc1ccc(Br)cc1.I. The summed E-state index contributed by atoms with van der Waals surface area (Å²) < 4.78 is 11.5. The minimum absolute atomic E-state index is 0. The van der Waals surface area contributed by atoms with Gasteiger partial charge in [0.05, 0.1) is 13.2 Å². The van der Waals surface area contributed by atoms with Crippen molar-refractivity contribution in [3.05, 3.63) is 34.3 Å². The average Bonchev–Trinajstić information content (AvgIpc) is 2.55. The van der Waals surface area contributed by atoms with Crippen molar-refractivity contribution in [2.75, 3.05) is 47.6 Å². The second-order valence-corrected chi connectivity index (χ2v) is 6.18. The lowest BCUT2D eigenvalue weighted by Crippen LogP contribution is -2.38. The Hall–Kier alpha value is -0.380. The van der Waals surface area contributed by atoms with E-state index in [2.05, 4.69) is 55.4 Å². The van der Waals surface area contributed by atoms with Gasteiger partial charge in [-0.15, -0.1) is 24.0 Å². The summed E-state index contributed by atoms with van der Waals surface area (Å²) in [5.74, 6) is 0.910. The summed E-state index contributed by atoms with van der Waals surface area (Å²) in [7, 11) is 5.54. The second-order valence-electron chi connectivity index (χ2n) is 5.27. The van der Waals surface area contributed by atoms with Gasteiger partial charge < -0.3 is 19.7 Å². The maximum Gasteiger partial charge on any atom is 0.193 e. The molecule has 0 aliphatic heterocycles. The van der Waals surface area contributed by atoms with Crippen molar-refractivity contribution in [2.24, 2.45) is 4.99 Å². The van der Waals surface area contributed by atoms with Crippen LogP contribution in [0.4, 0.5) is 0 Å². The van der Waals surface area contributed by atoms with Crippen LogP contribution in [0.25, 0.3) is 0 Å². The zero-order valence-electron chi connectivity index (χ0n) is 14.8. The number of hydrogen-bond donors (Lipinski definition) is 1. The van der Waals surface area contributed by atoms with Gasteiger partial charge in [-0.3, -0.25) is 4.99 Å². The lowest BCUT2D eigenvalue weighted by molar-refractivity contribution is 0.0689. The van der Waals surface area contributed by atoms with Gasteiger partial charge in [0.25, 0.3) is 0 Å². The van der Waals surface area contributed by atoms with Gasteiger partial charge in [-0.25, -0.2) is 0 Å². The summed E-state index contributed by atoms with van der Waals surface area (Å²) in [6.45, 7) is 3.82. The molecular formula is C17H29BrIN3O2. The molecule has 138 valence electrons. The Morgan fingerprint density at radius 3 is 2.50 bits per heavy atom. The highest BCUT2D eigenvalue weighted by Crippen LogP contribution is 2.11. The molecule has 0 spiro atoms. The van der Waals surface area contributed by atoms with Crippen LogP contribution >= 0.6 is 39.9 Å². The third-order valence-corrected chi connectivity index (χ3v) is 3.87. The number of rotatable bonds is 10. The summed E-state index contributed by atoms with van der Waals surface area (Å²) in [5.41, 5.74) is 1.25. The molecule has 0 saturated carbocycles. The Morgan fingerprint density at radius 1 is 1.17 bits per heavy atom. The van der Waals surface area contributed by atoms with Crippen molar-refractivity contribution >= 4 is 45.9 Å². The Balaban J connectivity index is 0.00000529. The molecule has 0 saturated heterocycles. The summed E-state index contributed by atoms with van der Waals surface area (Å²) >= 11 is 3.46. The normalized spacial score (nSPS) is 11.1. The van der Waals surface area contributed by atoms with Crippen molar-refractivity contribution in [1.82, 2.24) is 10.2 Å². The minimum Gasteiger partial charge on any atom is -0.382 e. The van der Waals surface area contributed by atoms with Crippen LogP contribution in [-0.4, -0.2) is 58.4 Å². The maximum absolute atomic E-state index is 5.45. The molecule has 0 aliphatic rings. The lowest BCUT2D eigenvalue weighted by Gasteiger charge is -2.22. The minimum atomic E-state index is 0. The molecule has 1 N–H and O–H groups in total. The zero-order chi connectivity index (χ0) is 16.9. The first-order valence-corrected chi connectivity index (χ1v) is 8.69. The van der Waals surface area contributed by atoms with Crippen LogP contribution in [0.3, 0.4) is 0 Å². The first-order valence-electron chi connectivity index (χ1n) is 7.90. The Bertz CT molecular complexity index is 458. The van der Waals surface area contributed by atoms with Gasteiger partial charge >= 0.3 is 0 Å². The molecule has 0 radical (unpaired) electrons. The molecule has 1 aromatic rings. The number of nitrogens with one attached hydrogen (secondary N) is 1. The van der Waals surface area contributed by atoms with Gasteiger partial charge in [0.15, 0.2) is 5.96 Å². The predicted octanol–water partition coefficient (Wildman–Crippen LogP) is 3.52. The first kappa shape index (κ1) is 23.6. The molecule has 0 aromatic heterocycles. The Morgan fingerprint density at radius 2 is 1.88 bits per heavy atom. The molecule has 1 rings (SSSR count). The lowest BCUT2D eigenvalue weighted by atomic mass is 10.2. The van der Waals surface area contributed by atoms with E-state index in [-0.39, 0.29) is 24.0 Å². The molecule has 0 fully saturated rings. The molecule has 0 aliphatic carbocycles. The molecule has 7 heteroatoms. The fourth-order valence-corrected chi connectivity index (χ4v) is 2.36. The van der Waals surface area contributed by atoms with Crippen LogP contribution in [0.5, 0.6) is 0 Å². The molecule has 0 atom stereocenters. The van der Waals surface area contributed by atoms with E-state index in [1.54, 1.807) is 7.11 Å². The largest absolute Gasteiger partial charge is 0.382 e. The molecule has 0 bridgehead atoms. The van der Waals surface area contributed by atoms with Crippen molar-refractivity contribution in [3.63, 3.8) is 0 Å². The van der Waals surface area contributed by atoms with Crippen LogP contribution in [-0.2, 0) is 16.0 Å². The van der Waals surface area contributed by atoms with Crippen molar-refractivity contribution in [2.45, 2.75) is 19.4 Å². The molecule has 24 heavy (non-hydrogen) atoms. The van der Waals surface area contributed by atoms with Crippen LogP contribution in [0, 0.1) is 0 Å². The van der Waals surface area contributed by atoms with E-state index in [1.807, 2.05) is 14.1 Å². The highest BCUT2D eigenvalue weighted by Gasteiger charge is 2.06. The van der Waals surface area contributed by atoms with E-state index >= 15 is 0 Å². The number of unbranched alkanes of at least 4 members (excludes halogenated alkanes) is 1. The van der Waals surface area contributed by atoms with Crippen LogP contribution < -0.4 is 5.32 Å². The third-order valence-electron chi connectivity index (χ3n) is 3.34. The number of ether oxygens (including phenoxy) is 2. The number of methoxy groups -OCH3 is 1. The molecular weight excluding hydrogens is 485 g/mol. The number of hydrogen-bond acceptors (Lipinski definition) is 3. The third kappa shape index (κ3) is 10.5. The van der Waals surface area contributed by atoms with E-state index in [4.69, 9.17) is 9.47 Å². The van der Waals surface area contributed by atoms with Crippen LogP contribution in [0.2, 0.25) is 0 Å². The molecule has 0 unspecified atom stereocenters. The number of aliphatic imine (C=N–C) groups is 1. The molecule has 0 amide bonds. The van der Waals surface area contributed by atoms with E-state index in [1.165, 1.54) is 5.56 Å². The van der Waals surface area contributed by atoms with Gasteiger partial charge in [0.2, 0.25) is 0 Å². The summed E-state index contributed by atoms with van der Waals surface area (Å²) in [4.78, 5) is 6.46. The average molecular weight is 514 g/mol. The fraction of sp³-hybridized carbons (Fsp3) is 0.588. The van der Waals surface area contributed by atoms with Crippen LogP contribution in [0.1, 0.15) is 18.4 Å².